The van der Waals surface area contributed by atoms with Crippen molar-refractivity contribution in [1.82, 2.24) is 0 Å². The second-order valence-electron chi connectivity index (χ2n) is 5.74. The maximum Gasteiger partial charge on any atom is 0.158 e. The Balaban J connectivity index is 0.000000258. The van der Waals surface area contributed by atoms with Gasteiger partial charge in [-0.15, -0.1) is 0 Å². The van der Waals surface area contributed by atoms with Crippen molar-refractivity contribution in [1.29, 1.82) is 0 Å². The fourth-order valence-corrected chi connectivity index (χ4v) is 4.19. The van der Waals surface area contributed by atoms with E-state index in [1.165, 1.54) is 52.9 Å². The molecule has 0 N–H and O–H groups in total. The lowest BCUT2D eigenvalue weighted by molar-refractivity contribution is 1.40. The highest BCUT2D eigenvalue weighted by atomic mass is 32.2. The Labute approximate surface area is 196 Å². The summed E-state index contributed by atoms with van der Waals surface area (Å²) in [5.41, 5.74) is 27.0. The third kappa shape index (κ3) is 12.7. The minimum absolute atomic E-state index is 1.28. The number of benzene rings is 4. The maximum absolute atomic E-state index is 6.75. The predicted molar refractivity (Wildman–Crippen MR) is 137 cm³/mol. The van der Waals surface area contributed by atoms with Gasteiger partial charge >= 0.3 is 0 Å². The minimum Gasteiger partial charge on any atom is -0.373 e. The van der Waals surface area contributed by atoms with Crippen molar-refractivity contribution in [2.24, 2.45) is 0 Å². The molecule has 4 aromatic carbocycles. The van der Waals surface area contributed by atoms with Crippen molar-refractivity contribution >= 4 is 23.5 Å². The van der Waals surface area contributed by atoms with E-state index in [0.29, 0.717) is 0 Å². The first kappa shape index (κ1) is 26.2. The van der Waals surface area contributed by atoms with E-state index >= 15 is 0 Å². The van der Waals surface area contributed by atoms with Gasteiger partial charge in [-0.2, -0.15) is 0 Å². The third-order valence-corrected chi connectivity index (χ3v) is 5.77. The van der Waals surface area contributed by atoms with Crippen LogP contribution in [-0.2, 0) is 23.5 Å². The summed E-state index contributed by atoms with van der Waals surface area (Å²) in [6.45, 7) is 0. The van der Waals surface area contributed by atoms with E-state index in [-0.39, 0.29) is 0 Å². The Morgan fingerprint density at radius 1 is 0.344 bits per heavy atom. The van der Waals surface area contributed by atoms with E-state index in [0.717, 1.165) is 0 Å². The van der Waals surface area contributed by atoms with Gasteiger partial charge < -0.3 is 22.1 Å². The maximum atomic E-state index is 6.75. The molecule has 160 valence electrons. The molecule has 0 aromatic heterocycles. The highest BCUT2D eigenvalue weighted by Crippen LogP contribution is 2.11. The first-order chi connectivity index (χ1) is 15.7. The molecule has 0 amide bonds. The van der Waals surface area contributed by atoms with Gasteiger partial charge in [-0.25, -0.2) is 0 Å². The summed E-state index contributed by atoms with van der Waals surface area (Å²) < 4.78 is 0. The van der Waals surface area contributed by atoms with E-state index < -0.39 is 0 Å². The summed E-state index contributed by atoms with van der Waals surface area (Å²) in [6, 6.07) is 42.0. The Kier molecular flexibility index (Phi) is 14.8. The monoisotopic (exact) mass is 458 g/mol. The van der Waals surface area contributed by atoms with Gasteiger partial charge in [-0.3, -0.25) is 9.82 Å². The molecule has 0 aliphatic carbocycles. The number of nitrogens with zero attached hydrogens (tertiary/aromatic N) is 6. The number of hydrogen-bond donors (Lipinski definition) is 0. The lowest BCUT2D eigenvalue weighted by Gasteiger charge is -1.90. The molecule has 0 heterocycles. The summed E-state index contributed by atoms with van der Waals surface area (Å²) in [5, 5.41) is 0. The molecule has 0 radical (unpaired) electrons. The zero-order chi connectivity index (χ0) is 23.3. The fourth-order valence-electron chi connectivity index (χ4n) is 2.31. The minimum atomic E-state index is 1.28. The van der Waals surface area contributed by atoms with Gasteiger partial charge in [0.15, 0.2) is 19.6 Å². The zero-order valence-electron chi connectivity index (χ0n) is 17.1. The second-order valence-corrected chi connectivity index (χ2v) is 8.26. The van der Waals surface area contributed by atoms with Crippen LogP contribution in [-0.4, -0.2) is 0 Å². The van der Waals surface area contributed by atoms with E-state index in [2.05, 4.69) is 97.1 Å². The van der Waals surface area contributed by atoms with Crippen LogP contribution in [0.3, 0.4) is 0 Å². The molecule has 0 spiro atoms. The van der Waals surface area contributed by atoms with Crippen LogP contribution in [0.5, 0.6) is 0 Å². The average molecular weight is 459 g/mol. The van der Waals surface area contributed by atoms with Crippen molar-refractivity contribution < 1.29 is 0 Å². The normalized spacial score (nSPS) is 8.50. The van der Waals surface area contributed by atoms with Gasteiger partial charge in [-0.1, -0.05) is 72.8 Å². The van der Waals surface area contributed by atoms with E-state index in [1.807, 2.05) is 24.3 Å². The summed E-state index contributed by atoms with van der Waals surface area (Å²) in [7, 11) is 0. The van der Waals surface area contributed by atoms with Gasteiger partial charge in [0.1, 0.15) is 0 Å². The molecule has 32 heavy (non-hydrogen) atoms. The van der Waals surface area contributed by atoms with E-state index in [4.69, 9.17) is 22.1 Å². The number of thiol groups is 2. The van der Waals surface area contributed by atoms with Crippen LogP contribution in [0.4, 0.5) is 0 Å². The largest absolute Gasteiger partial charge is 0.373 e. The first-order valence-electron chi connectivity index (χ1n) is 9.34. The van der Waals surface area contributed by atoms with Crippen molar-refractivity contribution in [2.45, 2.75) is 19.6 Å². The predicted octanol–water partition coefficient (Wildman–Crippen LogP) is 7.57. The second kappa shape index (κ2) is 18.0. The van der Waals surface area contributed by atoms with Crippen molar-refractivity contribution in [3.63, 3.8) is 0 Å². The molecule has 0 saturated heterocycles. The molecule has 6 nitrogen and oxygen atoms in total. The first-order valence-corrected chi connectivity index (χ1v) is 11.1. The molecule has 0 aliphatic rings. The highest BCUT2D eigenvalue weighted by Gasteiger charge is 2.04. The molecule has 4 aromatic rings. The summed E-state index contributed by atoms with van der Waals surface area (Å²) in [6.07, 6.45) is 0. The molecule has 4 rings (SSSR count). The van der Waals surface area contributed by atoms with Crippen LogP contribution in [0.1, 0.15) is 0 Å². The standard InChI is InChI=1S/2C12H10S.2N3/c2*1-3-7-11(8-4-1)13-12-9-5-2-6-10-12;2*1-3-2/h2*1-10H;;/q;;2*-1/p+2. The van der Waals surface area contributed by atoms with Crippen molar-refractivity contribution in [2.75, 3.05) is 0 Å². The van der Waals surface area contributed by atoms with Crippen LogP contribution in [0.15, 0.2) is 141 Å². The van der Waals surface area contributed by atoms with Crippen LogP contribution in [0, 0.1) is 0 Å². The van der Waals surface area contributed by atoms with Gasteiger partial charge in [-0.05, 0) is 48.5 Å². The van der Waals surface area contributed by atoms with Gasteiger partial charge in [0.05, 0.1) is 0 Å². The molecular formula is C24H22N6S2. The SMILES string of the molecule is [N-]=[N+]=[N-].[N-]=[N+]=[N-].c1ccc([SH+]c2ccccc2)cc1.c1ccc([SH+]c2ccccc2)cc1. The Bertz CT molecular complexity index is 887. The molecule has 0 atom stereocenters. The molecule has 0 saturated carbocycles. The zero-order valence-corrected chi connectivity index (χ0v) is 18.9. The lowest BCUT2D eigenvalue weighted by Crippen LogP contribution is -1.82. The van der Waals surface area contributed by atoms with Crippen molar-refractivity contribution in [3.05, 3.63) is 153 Å². The number of rotatable bonds is 4. The Morgan fingerprint density at radius 2 is 0.500 bits per heavy atom. The van der Waals surface area contributed by atoms with E-state index in [9.17, 15) is 0 Å². The third-order valence-electron chi connectivity index (χ3n) is 3.54. The van der Waals surface area contributed by atoms with E-state index in [1.54, 1.807) is 0 Å². The summed E-state index contributed by atoms with van der Waals surface area (Å²) in [5.74, 6) is 0. The molecular weight excluding hydrogens is 436 g/mol. The Morgan fingerprint density at radius 3 is 0.656 bits per heavy atom. The topological polar surface area (TPSA) is 117 Å². The van der Waals surface area contributed by atoms with Crippen LogP contribution in [0.25, 0.3) is 31.9 Å². The summed E-state index contributed by atoms with van der Waals surface area (Å²) >= 11 is 2.56. The van der Waals surface area contributed by atoms with Gasteiger partial charge in [0.2, 0.25) is 0 Å². The lowest BCUT2D eigenvalue weighted by atomic mass is 10.4. The molecule has 0 bridgehead atoms. The number of hydrogen-bond acceptors (Lipinski definition) is 0. The summed E-state index contributed by atoms with van der Waals surface area (Å²) in [4.78, 5) is 8.37. The van der Waals surface area contributed by atoms with Gasteiger partial charge in [0.25, 0.3) is 0 Å². The average Bonchev–Trinajstić information content (AvgIpc) is 2.83. The quantitative estimate of drug-likeness (QED) is 0.0985. The van der Waals surface area contributed by atoms with Crippen LogP contribution < -0.4 is 0 Å². The van der Waals surface area contributed by atoms with Gasteiger partial charge in [0, 0.05) is 23.5 Å². The highest BCUT2D eigenvalue weighted by molar-refractivity contribution is 7.78. The smallest absolute Gasteiger partial charge is 0.158 e. The Hall–Kier alpha value is -3.80. The van der Waals surface area contributed by atoms with Crippen molar-refractivity contribution in [3.8, 4) is 0 Å². The molecule has 0 fully saturated rings. The fraction of sp³-hybridized carbons (Fsp3) is 0. The van der Waals surface area contributed by atoms with Crippen LogP contribution in [0.2, 0.25) is 0 Å². The molecule has 0 aliphatic heterocycles. The molecule has 0 unspecified atom stereocenters. The molecule has 8 heteroatoms. The van der Waals surface area contributed by atoms with Crippen LogP contribution >= 0.6 is 0 Å².